The van der Waals surface area contributed by atoms with Crippen LogP contribution in [-0.2, 0) is 44.5 Å². The average Bonchev–Trinajstić information content (AvgIpc) is 3.43. The summed E-state index contributed by atoms with van der Waals surface area (Å²) >= 11 is 0. The Labute approximate surface area is 331 Å². The maximum Gasteiger partial charge on any atom is 0.410 e. The lowest BCUT2D eigenvalue weighted by atomic mass is 9.73. The molecule has 3 aliphatic heterocycles. The van der Waals surface area contributed by atoms with Crippen molar-refractivity contribution in [2.24, 2.45) is 23.7 Å². The normalized spacial score (nSPS) is 37.7. The number of hydrogen-bond donors (Lipinski definition) is 1. The van der Waals surface area contributed by atoms with E-state index in [1.165, 1.54) is 19.6 Å². The monoisotopic (exact) mass is 781 g/mol. The number of unbranched alkanes of at least 4 members (excludes halogenated alkanes) is 1. The number of cyclic esters (lactones) is 1. The van der Waals surface area contributed by atoms with Gasteiger partial charge >= 0.3 is 12.1 Å². The smallest absolute Gasteiger partial charge is 0.410 e. The van der Waals surface area contributed by atoms with Crippen LogP contribution in [0.1, 0.15) is 86.6 Å². The number of aromatic nitrogens is 1. The summed E-state index contributed by atoms with van der Waals surface area (Å²) in [6, 6.07) is 8.95. The number of aliphatic hydroxyl groups is 1. The lowest BCUT2D eigenvalue weighted by molar-refractivity contribution is -0.295. The molecular formula is C43H63N3O10. The third-order valence-corrected chi connectivity index (χ3v) is 12.8. The summed E-state index contributed by atoms with van der Waals surface area (Å²) in [7, 11) is 5.24. The molecule has 3 saturated heterocycles. The number of rotatable bonds is 9. The number of carbonyl (C=O) groups is 4. The van der Waals surface area contributed by atoms with Crippen molar-refractivity contribution in [1.29, 1.82) is 0 Å². The number of hydrogen-bond acceptors (Lipinski definition) is 12. The van der Waals surface area contributed by atoms with Crippen LogP contribution in [0.5, 0.6) is 0 Å². The van der Waals surface area contributed by atoms with Crippen molar-refractivity contribution in [2.45, 2.75) is 141 Å². The lowest BCUT2D eigenvalue weighted by Gasteiger charge is -2.47. The molecule has 0 bridgehead atoms. The fourth-order valence-corrected chi connectivity index (χ4v) is 9.29. The number of para-hydroxylation sites is 1. The molecule has 3 aliphatic rings. The first-order valence-corrected chi connectivity index (χ1v) is 20.1. The first-order valence-electron chi connectivity index (χ1n) is 20.1. The molecular weight excluding hydrogens is 718 g/mol. The Morgan fingerprint density at radius 1 is 0.964 bits per heavy atom. The molecule has 0 saturated carbocycles. The van der Waals surface area contributed by atoms with Gasteiger partial charge in [-0.1, -0.05) is 39.0 Å². The number of aryl methyl sites for hydroxylation is 1. The van der Waals surface area contributed by atoms with Crippen molar-refractivity contribution in [3.63, 3.8) is 0 Å². The topological polar surface area (TPSA) is 154 Å². The Hall–Kier alpha value is -3.49. The molecule has 13 nitrogen and oxygen atoms in total. The number of ketones is 2. The van der Waals surface area contributed by atoms with E-state index in [2.05, 4.69) is 11.1 Å². The Balaban J connectivity index is 1.44. The molecule has 1 N–H and O–H groups in total. The van der Waals surface area contributed by atoms with E-state index in [1.54, 1.807) is 45.7 Å². The first kappa shape index (κ1) is 43.6. The number of Topliss-reactive ketones (excluding diaryl/α,β-unsaturated/α-hetero) is 2. The van der Waals surface area contributed by atoms with Crippen LogP contribution in [0.15, 0.2) is 36.5 Å². The van der Waals surface area contributed by atoms with Crippen molar-refractivity contribution >= 4 is 34.5 Å². The van der Waals surface area contributed by atoms with Crippen molar-refractivity contribution < 1.29 is 48.0 Å². The minimum Gasteiger partial charge on any atom is -0.458 e. The van der Waals surface area contributed by atoms with Crippen LogP contribution in [-0.4, -0.2) is 125 Å². The quantitative estimate of drug-likeness (QED) is 0.198. The maximum absolute atomic E-state index is 14.6. The molecule has 0 radical (unpaired) electrons. The molecule has 0 spiro atoms. The minimum atomic E-state index is -1.40. The fourth-order valence-electron chi connectivity index (χ4n) is 9.29. The number of amides is 1. The number of fused-ring (bicyclic) bond motifs is 2. The second kappa shape index (κ2) is 17.6. The van der Waals surface area contributed by atoms with Crippen molar-refractivity contribution in [3.8, 4) is 0 Å². The second-order valence-corrected chi connectivity index (χ2v) is 17.1. The first-order chi connectivity index (χ1) is 26.3. The van der Waals surface area contributed by atoms with Gasteiger partial charge in [0, 0.05) is 49.0 Å². The van der Waals surface area contributed by atoms with Gasteiger partial charge in [0.15, 0.2) is 17.7 Å². The number of pyridine rings is 1. The maximum atomic E-state index is 14.6. The SMILES string of the molecule is CO[C@@]1(C)C[C@@H](C)C(=O)[C@@H](C)C2N(CCCCc3ccnc4ccccc34)C(=O)O[C@]2(C)[C@H](C)OC(=O)[C@H](C)C(=O)[C@H](C)[C@H]1OC1O[C@H](C)C[C@H](N(C)C)[C@H]1O. The molecule has 4 heterocycles. The van der Waals surface area contributed by atoms with E-state index in [0.717, 1.165) is 23.7 Å². The molecule has 56 heavy (non-hydrogen) atoms. The van der Waals surface area contributed by atoms with Crippen molar-refractivity contribution in [3.05, 3.63) is 42.1 Å². The average molecular weight is 782 g/mol. The number of methoxy groups -OCH3 is 1. The number of likely N-dealkylation sites (N-methyl/N-ethyl adjacent to an activating group) is 1. The highest BCUT2D eigenvalue weighted by atomic mass is 16.7. The summed E-state index contributed by atoms with van der Waals surface area (Å²) in [5.74, 6) is -4.93. The predicted molar refractivity (Wildman–Crippen MR) is 210 cm³/mol. The van der Waals surface area contributed by atoms with Gasteiger partial charge in [-0.3, -0.25) is 19.4 Å². The molecule has 13 atom stereocenters. The van der Waals surface area contributed by atoms with E-state index in [0.29, 0.717) is 19.4 Å². The Morgan fingerprint density at radius 3 is 2.34 bits per heavy atom. The van der Waals surface area contributed by atoms with Crippen molar-refractivity contribution in [2.75, 3.05) is 27.7 Å². The number of aliphatic hydroxyl groups excluding tert-OH is 1. The minimum absolute atomic E-state index is 0.136. The molecule has 310 valence electrons. The zero-order valence-corrected chi connectivity index (χ0v) is 35.0. The van der Waals surface area contributed by atoms with Gasteiger partial charge in [-0.05, 0) is 98.5 Å². The standard InChI is InChI=1S/C43H63N3O10/c1-24-23-42(7,52-11)38(55-40-36(49)33(45(9)10)22-25(2)53-40)27(4)35(48)28(5)39(50)54-29(6)43(8)37(26(3)34(24)47)46(41(51)56-43)21-15-14-16-30-19-20-44-32-18-13-12-17-31(30)32/h12-13,17-20,24-29,33,36-38,40,49H,14-16,21-23H2,1-11H3/t24-,25-,26-,27+,28-,29+,33+,36-,37?,38-,40?,42+,43-/m1/s1. The van der Waals surface area contributed by atoms with Gasteiger partial charge < -0.3 is 38.6 Å². The predicted octanol–water partition coefficient (Wildman–Crippen LogP) is 5.37. The fraction of sp³-hybridized carbons (Fsp3) is 0.698. The second-order valence-electron chi connectivity index (χ2n) is 17.1. The third kappa shape index (κ3) is 8.67. The van der Waals surface area contributed by atoms with Crippen LogP contribution in [0, 0.1) is 23.7 Å². The van der Waals surface area contributed by atoms with E-state index in [9.17, 15) is 24.3 Å². The molecule has 13 heteroatoms. The Kier molecular flexibility index (Phi) is 13.7. The van der Waals surface area contributed by atoms with Gasteiger partial charge in [-0.25, -0.2) is 4.79 Å². The van der Waals surface area contributed by atoms with Gasteiger partial charge in [-0.15, -0.1) is 0 Å². The van der Waals surface area contributed by atoms with E-state index in [4.69, 9.17) is 23.7 Å². The van der Waals surface area contributed by atoms with Crippen molar-refractivity contribution in [1.82, 2.24) is 14.8 Å². The number of carbonyl (C=O) groups excluding carboxylic acids is 4. The molecule has 0 aliphatic carbocycles. The summed E-state index contributed by atoms with van der Waals surface area (Å²) in [4.78, 5) is 64.4. The summed E-state index contributed by atoms with van der Waals surface area (Å²) < 4.78 is 31.0. The zero-order valence-electron chi connectivity index (χ0n) is 35.0. The van der Waals surface area contributed by atoms with Crippen LogP contribution in [0.3, 0.4) is 0 Å². The van der Waals surface area contributed by atoms with Crippen LogP contribution >= 0.6 is 0 Å². The number of benzene rings is 1. The number of esters is 1. The van der Waals surface area contributed by atoms with E-state index < -0.39 is 83.4 Å². The highest BCUT2D eigenvalue weighted by Gasteiger charge is 2.59. The van der Waals surface area contributed by atoms with Crippen LogP contribution < -0.4 is 0 Å². The summed E-state index contributed by atoms with van der Waals surface area (Å²) in [5.41, 5.74) is -0.566. The summed E-state index contributed by atoms with van der Waals surface area (Å²) in [5, 5.41) is 12.5. The van der Waals surface area contributed by atoms with E-state index in [1.807, 2.05) is 57.1 Å². The Bertz CT molecular complexity index is 1730. The van der Waals surface area contributed by atoms with Gasteiger partial charge in [0.05, 0.1) is 29.4 Å². The van der Waals surface area contributed by atoms with Crippen LogP contribution in [0.2, 0.25) is 0 Å². The van der Waals surface area contributed by atoms with Gasteiger partial charge in [0.1, 0.15) is 23.9 Å². The summed E-state index contributed by atoms with van der Waals surface area (Å²) in [6.07, 6.45) is -0.348. The number of ether oxygens (including phenoxy) is 5. The largest absolute Gasteiger partial charge is 0.458 e. The lowest BCUT2D eigenvalue weighted by Crippen LogP contribution is -2.60. The molecule has 3 fully saturated rings. The molecule has 1 amide bonds. The van der Waals surface area contributed by atoms with Crippen LogP contribution in [0.4, 0.5) is 4.79 Å². The third-order valence-electron chi connectivity index (χ3n) is 12.8. The van der Waals surface area contributed by atoms with Gasteiger partial charge in [0.2, 0.25) is 0 Å². The molecule has 1 aromatic heterocycles. The number of nitrogens with zero attached hydrogens (tertiary/aromatic N) is 3. The highest BCUT2D eigenvalue weighted by Crippen LogP contribution is 2.42. The summed E-state index contributed by atoms with van der Waals surface area (Å²) in [6.45, 7) is 14.1. The van der Waals surface area contributed by atoms with Crippen LogP contribution in [0.25, 0.3) is 10.9 Å². The van der Waals surface area contributed by atoms with E-state index in [-0.39, 0.29) is 24.3 Å². The molecule has 2 unspecified atom stereocenters. The Morgan fingerprint density at radius 2 is 1.66 bits per heavy atom. The molecule has 2 aromatic rings. The van der Waals surface area contributed by atoms with Gasteiger partial charge in [0.25, 0.3) is 0 Å². The highest BCUT2D eigenvalue weighted by molar-refractivity contribution is 6.00. The van der Waals surface area contributed by atoms with Gasteiger partial charge in [-0.2, -0.15) is 0 Å². The molecule has 5 rings (SSSR count). The molecule has 1 aromatic carbocycles. The van der Waals surface area contributed by atoms with E-state index >= 15 is 0 Å². The zero-order chi connectivity index (χ0) is 41.3.